The number of aryl methyl sites for hydroxylation is 1. The highest BCUT2D eigenvalue weighted by molar-refractivity contribution is 9.11. The SMILES string of the molecule is Cc1cc(C(=O)Cc2cc(Br)cs2)sc1Br. The molecule has 0 radical (unpaired) electrons. The molecule has 0 aliphatic heterocycles. The van der Waals surface area contributed by atoms with Crippen molar-refractivity contribution in [2.24, 2.45) is 0 Å². The van der Waals surface area contributed by atoms with Crippen LogP contribution in [0.25, 0.3) is 0 Å². The first kappa shape index (κ1) is 12.5. The van der Waals surface area contributed by atoms with Crippen LogP contribution < -0.4 is 0 Å². The number of ketones is 1. The molecule has 0 aliphatic rings. The van der Waals surface area contributed by atoms with Crippen LogP contribution in [-0.4, -0.2) is 5.78 Å². The number of hydrogen-bond donors (Lipinski definition) is 0. The largest absolute Gasteiger partial charge is 0.293 e. The Morgan fingerprint density at radius 3 is 2.62 bits per heavy atom. The van der Waals surface area contributed by atoms with Gasteiger partial charge in [-0.25, -0.2) is 0 Å². The first-order valence-corrected chi connectivity index (χ1v) is 7.86. The average molecular weight is 380 g/mol. The van der Waals surface area contributed by atoms with Crippen LogP contribution in [0.4, 0.5) is 0 Å². The van der Waals surface area contributed by atoms with Crippen LogP contribution in [0.5, 0.6) is 0 Å². The van der Waals surface area contributed by atoms with Gasteiger partial charge in [0.05, 0.1) is 8.66 Å². The molecule has 2 heterocycles. The molecule has 0 unspecified atom stereocenters. The molecule has 2 aromatic rings. The highest BCUT2D eigenvalue weighted by atomic mass is 79.9. The molecule has 2 aromatic heterocycles. The van der Waals surface area contributed by atoms with E-state index in [1.54, 1.807) is 11.3 Å². The number of carbonyl (C=O) groups excluding carboxylic acids is 1. The van der Waals surface area contributed by atoms with Crippen molar-refractivity contribution in [2.75, 3.05) is 0 Å². The molecular weight excluding hydrogens is 372 g/mol. The maximum Gasteiger partial charge on any atom is 0.178 e. The van der Waals surface area contributed by atoms with E-state index in [0.717, 1.165) is 23.6 Å². The van der Waals surface area contributed by atoms with Gasteiger partial charge in [0.25, 0.3) is 0 Å². The lowest BCUT2D eigenvalue weighted by molar-refractivity contribution is 0.0997. The summed E-state index contributed by atoms with van der Waals surface area (Å²) in [6, 6.07) is 3.94. The van der Waals surface area contributed by atoms with Crippen LogP contribution in [0.15, 0.2) is 25.8 Å². The summed E-state index contributed by atoms with van der Waals surface area (Å²) in [4.78, 5) is 13.9. The van der Waals surface area contributed by atoms with E-state index in [4.69, 9.17) is 0 Å². The van der Waals surface area contributed by atoms with E-state index in [0.29, 0.717) is 6.42 Å². The summed E-state index contributed by atoms with van der Waals surface area (Å²) in [6.07, 6.45) is 0.489. The second-order valence-electron chi connectivity index (χ2n) is 3.40. The standard InChI is InChI=1S/C11H8Br2OS2/c1-6-2-10(16-11(6)13)9(14)4-8-3-7(12)5-15-8/h2-3,5H,4H2,1H3. The van der Waals surface area contributed by atoms with E-state index in [2.05, 4.69) is 31.9 Å². The molecule has 0 saturated heterocycles. The number of halogens is 2. The van der Waals surface area contributed by atoms with Crippen LogP contribution in [0.3, 0.4) is 0 Å². The van der Waals surface area contributed by atoms with Crippen molar-refractivity contribution in [2.45, 2.75) is 13.3 Å². The molecule has 0 bridgehead atoms. The number of carbonyl (C=O) groups is 1. The second kappa shape index (κ2) is 5.12. The lowest BCUT2D eigenvalue weighted by Gasteiger charge is -1.93. The maximum absolute atomic E-state index is 12.0. The zero-order chi connectivity index (χ0) is 11.7. The van der Waals surface area contributed by atoms with Crippen LogP contribution in [0, 0.1) is 6.92 Å². The molecule has 0 aliphatic carbocycles. The predicted octanol–water partition coefficient (Wildman–Crippen LogP) is 5.07. The number of rotatable bonds is 3. The Bertz CT molecular complexity index is 508. The first-order chi connectivity index (χ1) is 7.56. The molecule has 0 N–H and O–H groups in total. The van der Waals surface area contributed by atoms with Gasteiger partial charge >= 0.3 is 0 Å². The molecular formula is C11H8Br2OS2. The minimum absolute atomic E-state index is 0.188. The van der Waals surface area contributed by atoms with Gasteiger partial charge in [-0.15, -0.1) is 22.7 Å². The van der Waals surface area contributed by atoms with Gasteiger partial charge < -0.3 is 0 Å². The fourth-order valence-electron chi connectivity index (χ4n) is 1.29. The lowest BCUT2D eigenvalue weighted by Crippen LogP contribution is -1.98. The van der Waals surface area contributed by atoms with E-state index >= 15 is 0 Å². The Morgan fingerprint density at radius 1 is 1.38 bits per heavy atom. The number of hydrogen-bond acceptors (Lipinski definition) is 3. The van der Waals surface area contributed by atoms with Gasteiger partial charge in [0, 0.05) is 21.2 Å². The second-order valence-corrected chi connectivity index (χ2v) is 7.68. The minimum atomic E-state index is 0.188. The Hall–Kier alpha value is 0.0300. The number of thiophene rings is 2. The van der Waals surface area contributed by atoms with Crippen molar-refractivity contribution < 1.29 is 4.79 Å². The molecule has 0 amide bonds. The molecule has 0 aromatic carbocycles. The molecule has 0 spiro atoms. The smallest absolute Gasteiger partial charge is 0.178 e. The molecule has 0 saturated carbocycles. The van der Waals surface area contributed by atoms with Crippen LogP contribution in [0.1, 0.15) is 20.1 Å². The highest BCUT2D eigenvalue weighted by Gasteiger charge is 2.12. The highest BCUT2D eigenvalue weighted by Crippen LogP contribution is 2.29. The van der Waals surface area contributed by atoms with Gasteiger partial charge in [-0.05, 0) is 56.5 Å². The molecule has 0 atom stereocenters. The van der Waals surface area contributed by atoms with Gasteiger partial charge in [0.2, 0.25) is 0 Å². The third-order valence-corrected chi connectivity index (χ3v) is 5.96. The van der Waals surface area contributed by atoms with Gasteiger partial charge in [0.15, 0.2) is 5.78 Å². The zero-order valence-corrected chi connectivity index (χ0v) is 13.2. The van der Waals surface area contributed by atoms with Crippen molar-refractivity contribution in [1.82, 2.24) is 0 Å². The van der Waals surface area contributed by atoms with E-state index in [9.17, 15) is 4.79 Å². The van der Waals surface area contributed by atoms with E-state index in [-0.39, 0.29) is 5.78 Å². The predicted molar refractivity (Wildman–Crippen MR) is 76.8 cm³/mol. The molecule has 1 nitrogen and oxygen atoms in total. The molecule has 84 valence electrons. The quantitative estimate of drug-likeness (QED) is 0.680. The van der Waals surface area contributed by atoms with E-state index in [1.807, 2.05) is 24.4 Å². The van der Waals surface area contributed by atoms with Crippen molar-refractivity contribution in [3.63, 3.8) is 0 Å². The van der Waals surface area contributed by atoms with Crippen LogP contribution in [-0.2, 0) is 6.42 Å². The zero-order valence-electron chi connectivity index (χ0n) is 8.42. The van der Waals surface area contributed by atoms with Gasteiger partial charge in [-0.2, -0.15) is 0 Å². The fraction of sp³-hybridized carbons (Fsp3) is 0.182. The Balaban J connectivity index is 2.14. The average Bonchev–Trinajstić information content (AvgIpc) is 2.75. The van der Waals surface area contributed by atoms with Crippen molar-refractivity contribution in [3.8, 4) is 0 Å². The van der Waals surface area contributed by atoms with Gasteiger partial charge in [0.1, 0.15) is 0 Å². The minimum Gasteiger partial charge on any atom is -0.293 e. The summed E-state index contributed by atoms with van der Waals surface area (Å²) in [5.74, 6) is 0.188. The summed E-state index contributed by atoms with van der Waals surface area (Å²) < 4.78 is 2.09. The van der Waals surface area contributed by atoms with Crippen molar-refractivity contribution >= 4 is 60.3 Å². The van der Waals surface area contributed by atoms with Crippen LogP contribution >= 0.6 is 54.5 Å². The third-order valence-electron chi connectivity index (χ3n) is 2.09. The molecule has 2 rings (SSSR count). The molecule has 16 heavy (non-hydrogen) atoms. The monoisotopic (exact) mass is 378 g/mol. The Labute approximate surface area is 119 Å². The van der Waals surface area contributed by atoms with E-state index in [1.165, 1.54) is 11.3 Å². The topological polar surface area (TPSA) is 17.1 Å². The Kier molecular flexibility index (Phi) is 4.00. The normalized spacial score (nSPS) is 10.7. The molecule has 5 heteroatoms. The number of Topliss-reactive ketones (excluding diaryl/α,β-unsaturated/α-hetero) is 1. The maximum atomic E-state index is 12.0. The van der Waals surface area contributed by atoms with Gasteiger partial charge in [-0.1, -0.05) is 0 Å². The fourth-order valence-corrected chi connectivity index (χ4v) is 4.21. The van der Waals surface area contributed by atoms with Crippen molar-refractivity contribution in [1.29, 1.82) is 0 Å². The van der Waals surface area contributed by atoms with E-state index < -0.39 is 0 Å². The van der Waals surface area contributed by atoms with Crippen LogP contribution in [0.2, 0.25) is 0 Å². The lowest BCUT2D eigenvalue weighted by atomic mass is 10.2. The summed E-state index contributed by atoms with van der Waals surface area (Å²) in [6.45, 7) is 2.00. The summed E-state index contributed by atoms with van der Waals surface area (Å²) in [5.41, 5.74) is 1.13. The van der Waals surface area contributed by atoms with Crippen molar-refractivity contribution in [3.05, 3.63) is 41.1 Å². The third kappa shape index (κ3) is 2.83. The Morgan fingerprint density at radius 2 is 2.12 bits per heavy atom. The summed E-state index contributed by atoms with van der Waals surface area (Å²) in [7, 11) is 0. The summed E-state index contributed by atoms with van der Waals surface area (Å²) in [5, 5.41) is 2.00. The molecule has 0 fully saturated rings. The van der Waals surface area contributed by atoms with Gasteiger partial charge in [-0.3, -0.25) is 4.79 Å². The first-order valence-electron chi connectivity index (χ1n) is 4.58. The summed E-state index contributed by atoms with van der Waals surface area (Å²) >= 11 is 9.94.